The summed E-state index contributed by atoms with van der Waals surface area (Å²) in [5, 5.41) is 6.83. The van der Waals surface area contributed by atoms with Crippen molar-refractivity contribution in [2.75, 3.05) is 13.1 Å². The number of carbonyl (C=O) groups is 1. The molecule has 2 heterocycles. The molecule has 0 unspecified atom stereocenters. The molecule has 0 bridgehead atoms. The number of rotatable bonds is 4. The maximum atomic E-state index is 13.9. The van der Waals surface area contributed by atoms with Crippen LogP contribution in [0.3, 0.4) is 0 Å². The normalized spacial score (nSPS) is 20.5. The first-order valence-corrected chi connectivity index (χ1v) is 14.2. The van der Waals surface area contributed by atoms with Crippen LogP contribution in [0.5, 0.6) is 0 Å². The summed E-state index contributed by atoms with van der Waals surface area (Å²) in [4.78, 5) is 13.9. The van der Waals surface area contributed by atoms with Gasteiger partial charge in [0.1, 0.15) is 0 Å². The molecule has 2 aliphatic rings. The standard InChI is InChI=1S/C26H42N3O4P/c1-12-28(13-2)34(20(21(34)24(3,4)5)19-17-15-14-16-18-19)29(23(30)32-26(9,10)11)27-22(33-34)31-25(6,7)8/h14-18H,12-13H2,1-11H3. The van der Waals surface area contributed by atoms with Crippen molar-refractivity contribution in [3.8, 4) is 0 Å². The molecule has 1 aromatic rings. The Hall–Kier alpha value is -2.11. The van der Waals surface area contributed by atoms with E-state index in [9.17, 15) is 4.79 Å². The minimum atomic E-state index is -3.89. The Balaban J connectivity index is 2.34. The number of carbonyl (C=O) groups excluding carboxylic acids is 1. The van der Waals surface area contributed by atoms with Crippen molar-refractivity contribution >= 4 is 24.6 Å². The molecule has 0 aliphatic carbocycles. The van der Waals surface area contributed by atoms with Gasteiger partial charge in [0.2, 0.25) is 0 Å². The summed E-state index contributed by atoms with van der Waals surface area (Å²) in [6.45, 7) is 23.4. The van der Waals surface area contributed by atoms with Gasteiger partial charge in [-0.05, 0) is 0 Å². The average Bonchev–Trinajstić information content (AvgIpc) is 3.17. The number of hydrogen-bond donors (Lipinski definition) is 0. The second-order valence-electron chi connectivity index (χ2n) is 11.8. The molecule has 1 aromatic carbocycles. The topological polar surface area (TPSA) is 63.6 Å². The fourth-order valence-corrected chi connectivity index (χ4v) is 11.7. The Kier molecular flexibility index (Phi) is 6.42. The van der Waals surface area contributed by atoms with Crippen LogP contribution < -0.4 is 0 Å². The van der Waals surface area contributed by atoms with E-state index in [4.69, 9.17) is 19.1 Å². The van der Waals surface area contributed by atoms with Crippen LogP contribution in [-0.4, -0.2) is 45.9 Å². The Morgan fingerprint density at radius 2 is 1.53 bits per heavy atom. The van der Waals surface area contributed by atoms with Gasteiger partial charge in [-0.25, -0.2) is 0 Å². The average molecular weight is 492 g/mol. The molecule has 0 fully saturated rings. The Morgan fingerprint density at radius 3 is 1.97 bits per heavy atom. The molecule has 0 aromatic heterocycles. The Morgan fingerprint density at radius 1 is 0.971 bits per heavy atom. The summed E-state index contributed by atoms with van der Waals surface area (Å²) >= 11 is 0. The van der Waals surface area contributed by atoms with Gasteiger partial charge in [0.25, 0.3) is 0 Å². The van der Waals surface area contributed by atoms with Gasteiger partial charge in [-0.1, -0.05) is 0 Å². The zero-order chi connectivity index (χ0) is 25.8. The predicted molar refractivity (Wildman–Crippen MR) is 140 cm³/mol. The number of hydrogen-bond acceptors (Lipinski definition) is 6. The molecule has 0 N–H and O–H groups in total. The van der Waals surface area contributed by atoms with Crippen LogP contribution in [0.25, 0.3) is 5.31 Å². The van der Waals surface area contributed by atoms with E-state index in [0.717, 1.165) is 16.2 Å². The molecule has 3 rings (SSSR count). The SMILES string of the molecule is CCN(CC)P12(OC(OC(C)(C)C)=NN1C(=O)OC(C)(C)C)C(c1ccccc1)=C2C(C)(C)C. The second-order valence-corrected chi connectivity index (χ2v) is 15.8. The summed E-state index contributed by atoms with van der Waals surface area (Å²) in [6.07, 6.45) is -0.423. The molecule has 2 aliphatic heterocycles. The molecule has 8 heteroatoms. The van der Waals surface area contributed by atoms with E-state index in [-0.39, 0.29) is 11.5 Å². The summed E-state index contributed by atoms with van der Waals surface area (Å²) in [6, 6.07) is 10.2. The van der Waals surface area contributed by atoms with Gasteiger partial charge >= 0.3 is 205 Å². The van der Waals surface area contributed by atoms with Crippen LogP contribution in [0, 0.1) is 5.41 Å². The van der Waals surface area contributed by atoms with Crippen LogP contribution in [0.4, 0.5) is 4.79 Å². The van der Waals surface area contributed by atoms with E-state index < -0.39 is 24.4 Å². The number of nitrogens with zero attached hydrogens (tertiary/aromatic N) is 3. The summed E-state index contributed by atoms with van der Waals surface area (Å²) in [5.41, 5.74) is -0.510. The third-order valence-corrected chi connectivity index (χ3v) is 11.6. The van der Waals surface area contributed by atoms with Crippen molar-refractivity contribution in [3.63, 3.8) is 0 Å². The van der Waals surface area contributed by atoms with Gasteiger partial charge in [0, 0.05) is 0 Å². The number of amides is 1. The first kappa shape index (κ1) is 26.5. The minimum absolute atomic E-state index is 0.107. The van der Waals surface area contributed by atoms with Crippen LogP contribution in [0.2, 0.25) is 0 Å². The molecule has 0 saturated heterocycles. The van der Waals surface area contributed by atoms with Crippen molar-refractivity contribution in [2.24, 2.45) is 10.5 Å². The Labute approximate surface area is 205 Å². The van der Waals surface area contributed by atoms with E-state index in [1.165, 1.54) is 4.78 Å². The quantitative estimate of drug-likeness (QED) is 0.410. The first-order chi connectivity index (χ1) is 15.5. The van der Waals surface area contributed by atoms with Gasteiger partial charge in [-0.3, -0.25) is 0 Å². The van der Waals surface area contributed by atoms with Crippen molar-refractivity contribution < 1.29 is 18.8 Å². The van der Waals surface area contributed by atoms with Crippen molar-refractivity contribution in [1.82, 2.24) is 9.45 Å². The molecule has 34 heavy (non-hydrogen) atoms. The molecule has 0 radical (unpaired) electrons. The monoisotopic (exact) mass is 491 g/mol. The first-order valence-electron chi connectivity index (χ1n) is 12.1. The van der Waals surface area contributed by atoms with E-state index in [2.05, 4.69) is 51.4 Å². The van der Waals surface area contributed by atoms with Crippen LogP contribution in [0.1, 0.15) is 81.7 Å². The van der Waals surface area contributed by atoms with E-state index in [1.54, 1.807) is 0 Å². The number of ether oxygens (including phenoxy) is 2. The maximum absolute atomic E-state index is 13.9. The summed E-state index contributed by atoms with van der Waals surface area (Å²) in [7, 11) is -3.89. The zero-order valence-electron chi connectivity index (χ0n) is 22.7. The van der Waals surface area contributed by atoms with E-state index >= 15 is 0 Å². The molecule has 1 amide bonds. The number of hydrazone groups is 1. The summed E-state index contributed by atoms with van der Waals surface area (Å²) < 4.78 is 22.8. The third kappa shape index (κ3) is 4.11. The van der Waals surface area contributed by atoms with Crippen molar-refractivity contribution in [3.05, 3.63) is 41.2 Å². The fraction of sp³-hybridized carbons (Fsp3) is 0.615. The van der Waals surface area contributed by atoms with Gasteiger partial charge in [0.05, 0.1) is 0 Å². The van der Waals surface area contributed by atoms with Gasteiger partial charge in [-0.2, -0.15) is 0 Å². The van der Waals surface area contributed by atoms with E-state index in [0.29, 0.717) is 13.1 Å². The number of benzene rings is 1. The third-order valence-electron chi connectivity index (χ3n) is 5.72. The molecule has 190 valence electrons. The summed E-state index contributed by atoms with van der Waals surface area (Å²) in [5.74, 6) is 0. The molecular weight excluding hydrogens is 449 g/mol. The van der Waals surface area contributed by atoms with Gasteiger partial charge < -0.3 is 0 Å². The molecule has 0 saturated carbocycles. The van der Waals surface area contributed by atoms with Crippen LogP contribution >= 0.6 is 7.13 Å². The molecular formula is C26H42N3O4P. The van der Waals surface area contributed by atoms with Gasteiger partial charge in [-0.15, -0.1) is 0 Å². The second kappa shape index (κ2) is 8.23. The van der Waals surface area contributed by atoms with E-state index in [1.807, 2.05) is 59.7 Å². The molecule has 7 nitrogen and oxygen atoms in total. The van der Waals surface area contributed by atoms with Crippen LogP contribution in [0.15, 0.2) is 40.7 Å². The molecule has 1 spiro atoms. The van der Waals surface area contributed by atoms with Gasteiger partial charge in [0.15, 0.2) is 0 Å². The number of allylic oxidation sites excluding steroid dienone is 1. The van der Waals surface area contributed by atoms with Crippen molar-refractivity contribution in [1.29, 1.82) is 0 Å². The fourth-order valence-electron chi connectivity index (χ4n) is 4.87. The Bertz CT molecular complexity index is 1010. The van der Waals surface area contributed by atoms with Crippen molar-refractivity contribution in [2.45, 2.75) is 87.4 Å². The molecule has 0 atom stereocenters. The zero-order valence-corrected chi connectivity index (χ0v) is 23.6. The predicted octanol–water partition coefficient (Wildman–Crippen LogP) is 7.41. The van der Waals surface area contributed by atoms with Crippen LogP contribution in [-0.2, 0) is 14.0 Å².